The number of aryl methyl sites for hydroxylation is 2. The second-order valence-corrected chi connectivity index (χ2v) is 8.57. The molecule has 1 N–H and O–H groups in total. The van der Waals surface area contributed by atoms with Crippen molar-refractivity contribution in [3.05, 3.63) is 88.5 Å². The lowest BCUT2D eigenvalue weighted by atomic mass is 9.94. The first-order chi connectivity index (χ1) is 16.9. The van der Waals surface area contributed by atoms with E-state index in [1.165, 1.54) is 4.90 Å². The first-order valence-corrected chi connectivity index (χ1v) is 11.3. The molecule has 1 atom stereocenters. The van der Waals surface area contributed by atoms with Crippen molar-refractivity contribution in [1.82, 2.24) is 0 Å². The minimum Gasteiger partial charge on any atom is -0.507 e. The van der Waals surface area contributed by atoms with E-state index < -0.39 is 17.7 Å². The van der Waals surface area contributed by atoms with Gasteiger partial charge in [-0.3, -0.25) is 14.5 Å². The summed E-state index contributed by atoms with van der Waals surface area (Å²) in [6.45, 7) is 4.73. The van der Waals surface area contributed by atoms with E-state index >= 15 is 0 Å². The van der Waals surface area contributed by atoms with Gasteiger partial charge < -0.3 is 19.3 Å². The van der Waals surface area contributed by atoms with Gasteiger partial charge in [-0.1, -0.05) is 24.3 Å². The van der Waals surface area contributed by atoms with Gasteiger partial charge in [-0.2, -0.15) is 0 Å². The third kappa shape index (κ3) is 3.89. The van der Waals surface area contributed by atoms with Crippen molar-refractivity contribution >= 4 is 23.1 Å². The number of ketones is 1. The number of aliphatic hydroxyl groups is 1. The second-order valence-electron chi connectivity index (χ2n) is 8.57. The largest absolute Gasteiger partial charge is 0.507 e. The Bertz CT molecular complexity index is 1380. The molecular formula is C28H25NO6. The number of amides is 1. The van der Waals surface area contributed by atoms with Crippen molar-refractivity contribution in [2.45, 2.75) is 19.9 Å². The molecule has 0 aromatic heterocycles. The minimum absolute atomic E-state index is 0.0152. The lowest BCUT2D eigenvalue weighted by Crippen LogP contribution is -2.29. The lowest BCUT2D eigenvalue weighted by molar-refractivity contribution is -0.132. The lowest BCUT2D eigenvalue weighted by Gasteiger charge is -2.27. The smallest absolute Gasteiger partial charge is 0.300 e. The van der Waals surface area contributed by atoms with Crippen LogP contribution in [0.2, 0.25) is 0 Å². The number of benzene rings is 3. The summed E-state index contributed by atoms with van der Waals surface area (Å²) in [7, 11) is 1.55. The summed E-state index contributed by atoms with van der Waals surface area (Å²) in [5.74, 6) is -0.0806. The second kappa shape index (κ2) is 8.83. The van der Waals surface area contributed by atoms with Gasteiger partial charge in [0, 0.05) is 17.3 Å². The van der Waals surface area contributed by atoms with Crippen molar-refractivity contribution in [2.75, 3.05) is 25.2 Å². The van der Waals surface area contributed by atoms with Crippen LogP contribution in [-0.2, 0) is 9.59 Å². The summed E-state index contributed by atoms with van der Waals surface area (Å²) in [5, 5.41) is 11.3. The molecule has 3 aromatic carbocycles. The van der Waals surface area contributed by atoms with Crippen LogP contribution in [0.25, 0.3) is 5.76 Å². The number of fused-ring (bicyclic) bond motifs is 1. The zero-order valence-corrected chi connectivity index (χ0v) is 19.7. The maximum absolute atomic E-state index is 13.4. The Morgan fingerprint density at radius 3 is 2.46 bits per heavy atom. The third-order valence-electron chi connectivity index (χ3n) is 6.44. The molecule has 3 aromatic rings. The Morgan fingerprint density at radius 1 is 0.943 bits per heavy atom. The zero-order chi connectivity index (χ0) is 24.7. The van der Waals surface area contributed by atoms with Crippen LogP contribution < -0.4 is 19.1 Å². The number of nitrogens with zero attached hydrogens (tertiary/aromatic N) is 1. The van der Waals surface area contributed by atoms with Gasteiger partial charge in [-0.25, -0.2) is 0 Å². The fraction of sp³-hybridized carbons (Fsp3) is 0.214. The number of carbonyl (C=O) groups is 2. The molecule has 2 aliphatic heterocycles. The highest BCUT2D eigenvalue weighted by molar-refractivity contribution is 6.51. The Balaban J connectivity index is 1.71. The monoisotopic (exact) mass is 471 g/mol. The third-order valence-corrected chi connectivity index (χ3v) is 6.44. The molecule has 1 fully saturated rings. The number of rotatable bonds is 4. The molecule has 178 valence electrons. The number of methoxy groups -OCH3 is 1. The van der Waals surface area contributed by atoms with Gasteiger partial charge in [0.05, 0.1) is 18.7 Å². The van der Waals surface area contributed by atoms with E-state index in [0.29, 0.717) is 47.3 Å². The average molecular weight is 472 g/mol. The van der Waals surface area contributed by atoms with Gasteiger partial charge in [0.1, 0.15) is 24.7 Å². The van der Waals surface area contributed by atoms with Gasteiger partial charge >= 0.3 is 0 Å². The molecule has 1 amide bonds. The topological polar surface area (TPSA) is 85.3 Å². The number of ether oxygens (including phenoxy) is 3. The van der Waals surface area contributed by atoms with Crippen LogP contribution in [-0.4, -0.2) is 37.1 Å². The van der Waals surface area contributed by atoms with Gasteiger partial charge in [0.25, 0.3) is 11.7 Å². The quantitative estimate of drug-likeness (QED) is 0.337. The van der Waals surface area contributed by atoms with E-state index in [1.807, 2.05) is 26.0 Å². The van der Waals surface area contributed by atoms with E-state index in [4.69, 9.17) is 14.2 Å². The molecule has 0 saturated carbocycles. The van der Waals surface area contributed by atoms with E-state index in [2.05, 4.69) is 0 Å². The Labute approximate surface area is 203 Å². The standard InChI is InChI=1S/C28H25NO6/c1-16-7-8-19(13-17(16)2)26(30)24-25(18-5-4-6-21(14-18)33-3)29(28(32)27(24)31)20-9-10-22-23(15-20)35-12-11-34-22/h4-10,13-15,25,30H,11-12H2,1-3H3/b26-24+. The molecule has 5 rings (SSSR count). The van der Waals surface area contributed by atoms with E-state index in [9.17, 15) is 14.7 Å². The molecule has 0 spiro atoms. The minimum atomic E-state index is -0.866. The number of aliphatic hydroxyl groups excluding tert-OH is 1. The zero-order valence-electron chi connectivity index (χ0n) is 19.7. The van der Waals surface area contributed by atoms with Crippen molar-refractivity contribution in [1.29, 1.82) is 0 Å². The SMILES string of the molecule is COc1cccc(C2/C(=C(\O)c3ccc(C)c(C)c3)C(=O)C(=O)N2c2ccc3c(c2)OCCO3)c1. The molecular weight excluding hydrogens is 446 g/mol. The molecule has 2 heterocycles. The van der Waals surface area contributed by atoms with Gasteiger partial charge in [0.2, 0.25) is 0 Å². The predicted octanol–water partition coefficient (Wildman–Crippen LogP) is 4.71. The summed E-state index contributed by atoms with van der Waals surface area (Å²) in [4.78, 5) is 28.2. The fourth-order valence-corrected chi connectivity index (χ4v) is 4.45. The Hall–Kier alpha value is -4.26. The summed E-state index contributed by atoms with van der Waals surface area (Å²) in [6, 6.07) is 16.8. The average Bonchev–Trinajstić information content (AvgIpc) is 3.15. The molecule has 1 saturated heterocycles. The maximum atomic E-state index is 13.4. The molecule has 7 heteroatoms. The highest BCUT2D eigenvalue weighted by atomic mass is 16.6. The predicted molar refractivity (Wildman–Crippen MR) is 131 cm³/mol. The summed E-state index contributed by atoms with van der Waals surface area (Å²) in [6.07, 6.45) is 0. The fourth-order valence-electron chi connectivity index (χ4n) is 4.45. The van der Waals surface area contributed by atoms with Crippen LogP contribution in [0.5, 0.6) is 17.2 Å². The molecule has 7 nitrogen and oxygen atoms in total. The highest BCUT2D eigenvalue weighted by Gasteiger charge is 2.47. The van der Waals surface area contributed by atoms with Crippen molar-refractivity contribution in [2.24, 2.45) is 0 Å². The number of hydrogen-bond donors (Lipinski definition) is 1. The maximum Gasteiger partial charge on any atom is 0.300 e. The van der Waals surface area contributed by atoms with Crippen LogP contribution in [0.3, 0.4) is 0 Å². The normalized spacial score (nSPS) is 18.6. The van der Waals surface area contributed by atoms with E-state index in [-0.39, 0.29) is 11.3 Å². The Morgan fingerprint density at radius 2 is 1.71 bits per heavy atom. The first-order valence-electron chi connectivity index (χ1n) is 11.3. The van der Waals surface area contributed by atoms with Crippen LogP contribution in [0.1, 0.15) is 28.3 Å². The van der Waals surface area contributed by atoms with Crippen LogP contribution in [0.4, 0.5) is 5.69 Å². The molecule has 0 aliphatic carbocycles. The summed E-state index contributed by atoms with van der Waals surface area (Å²) < 4.78 is 16.7. The van der Waals surface area contributed by atoms with Crippen LogP contribution in [0.15, 0.2) is 66.2 Å². The van der Waals surface area contributed by atoms with Crippen LogP contribution >= 0.6 is 0 Å². The van der Waals surface area contributed by atoms with Crippen molar-refractivity contribution in [3.63, 3.8) is 0 Å². The molecule has 0 bridgehead atoms. The number of hydrogen-bond acceptors (Lipinski definition) is 6. The molecule has 0 radical (unpaired) electrons. The van der Waals surface area contributed by atoms with Crippen LogP contribution in [0, 0.1) is 13.8 Å². The van der Waals surface area contributed by atoms with Crippen molar-refractivity contribution in [3.8, 4) is 17.2 Å². The first kappa shape index (κ1) is 22.5. The molecule has 1 unspecified atom stereocenters. The van der Waals surface area contributed by atoms with E-state index in [0.717, 1.165) is 11.1 Å². The molecule has 2 aliphatic rings. The van der Waals surface area contributed by atoms with Crippen molar-refractivity contribution < 1.29 is 28.9 Å². The number of Topliss-reactive ketones (excluding diaryl/α,β-unsaturated/α-hetero) is 1. The highest BCUT2D eigenvalue weighted by Crippen LogP contribution is 2.45. The summed E-state index contributed by atoms with van der Waals surface area (Å²) in [5.41, 5.74) is 3.60. The molecule has 35 heavy (non-hydrogen) atoms. The van der Waals surface area contributed by atoms with E-state index in [1.54, 1.807) is 55.6 Å². The van der Waals surface area contributed by atoms with Gasteiger partial charge in [0.15, 0.2) is 11.5 Å². The van der Waals surface area contributed by atoms with Gasteiger partial charge in [-0.05, 0) is 60.9 Å². The van der Waals surface area contributed by atoms with Gasteiger partial charge in [-0.15, -0.1) is 0 Å². The summed E-state index contributed by atoms with van der Waals surface area (Å²) >= 11 is 0. The number of carbonyl (C=O) groups excluding carboxylic acids is 2. The Kier molecular flexibility index (Phi) is 5.68. The number of anilines is 1.